The summed E-state index contributed by atoms with van der Waals surface area (Å²) in [7, 11) is 0. The van der Waals surface area contributed by atoms with Crippen LogP contribution in [0, 0.1) is 0 Å². The third-order valence-electron chi connectivity index (χ3n) is 3.44. The third-order valence-corrected chi connectivity index (χ3v) is 4.32. The van der Waals surface area contributed by atoms with E-state index in [1.165, 1.54) is 0 Å². The van der Waals surface area contributed by atoms with Gasteiger partial charge in [0.15, 0.2) is 5.82 Å². The van der Waals surface area contributed by atoms with Crippen LogP contribution in [0.25, 0.3) is 22.8 Å². The molecular formula is C16H9F3N4O2S. The number of hydrogen-bond acceptors (Lipinski definition) is 7. The summed E-state index contributed by atoms with van der Waals surface area (Å²) in [6.07, 6.45) is -4.10. The van der Waals surface area contributed by atoms with Crippen molar-refractivity contribution in [3.05, 3.63) is 58.4 Å². The van der Waals surface area contributed by atoms with Gasteiger partial charge in [0.2, 0.25) is 5.82 Å². The van der Waals surface area contributed by atoms with E-state index in [0.29, 0.717) is 29.3 Å². The molecule has 0 amide bonds. The van der Waals surface area contributed by atoms with Gasteiger partial charge in [-0.15, -0.1) is 11.3 Å². The van der Waals surface area contributed by atoms with Crippen LogP contribution in [0.2, 0.25) is 0 Å². The van der Waals surface area contributed by atoms with E-state index < -0.39 is 12.1 Å². The maximum atomic E-state index is 12.5. The molecule has 0 atom stereocenters. The summed E-state index contributed by atoms with van der Waals surface area (Å²) in [5.74, 6) is -0.647. The summed E-state index contributed by atoms with van der Waals surface area (Å²) >= 11 is 1.60. The van der Waals surface area contributed by atoms with Crippen LogP contribution < -0.4 is 0 Å². The second kappa shape index (κ2) is 6.37. The van der Waals surface area contributed by atoms with Gasteiger partial charge >= 0.3 is 12.1 Å². The number of benzene rings is 1. The number of halogens is 3. The molecule has 6 nitrogen and oxygen atoms in total. The van der Waals surface area contributed by atoms with Crippen LogP contribution in [0.15, 0.2) is 50.8 Å². The van der Waals surface area contributed by atoms with E-state index in [1.807, 2.05) is 17.5 Å². The number of thiophene rings is 1. The standard InChI is InChI=1S/C16H9F3N4O2S/c17-16(18,19)15-21-13(23-25-15)9-3-5-10(6-4-9)14-20-12(22-24-14)8-11-2-1-7-26-11/h1-7H,8H2. The number of alkyl halides is 3. The molecule has 0 spiro atoms. The predicted molar refractivity (Wildman–Crippen MR) is 85.2 cm³/mol. The Labute approximate surface area is 148 Å². The first kappa shape index (κ1) is 16.5. The van der Waals surface area contributed by atoms with E-state index in [2.05, 4.69) is 24.8 Å². The highest BCUT2D eigenvalue weighted by Crippen LogP contribution is 2.30. The van der Waals surface area contributed by atoms with Gasteiger partial charge < -0.3 is 9.05 Å². The Kier molecular flexibility index (Phi) is 4.03. The molecule has 0 aliphatic rings. The monoisotopic (exact) mass is 378 g/mol. The van der Waals surface area contributed by atoms with Gasteiger partial charge in [0.25, 0.3) is 5.89 Å². The fourth-order valence-corrected chi connectivity index (χ4v) is 2.93. The van der Waals surface area contributed by atoms with Gasteiger partial charge in [-0.05, 0) is 23.6 Å². The summed E-state index contributed by atoms with van der Waals surface area (Å²) in [6, 6.07) is 10.3. The zero-order chi connectivity index (χ0) is 18.1. The molecule has 0 unspecified atom stereocenters. The fraction of sp³-hybridized carbons (Fsp3) is 0.125. The smallest absolute Gasteiger partial charge is 0.334 e. The molecule has 26 heavy (non-hydrogen) atoms. The molecule has 0 radical (unpaired) electrons. The van der Waals surface area contributed by atoms with Crippen molar-refractivity contribution < 1.29 is 22.2 Å². The average Bonchev–Trinajstić information content (AvgIpc) is 3.36. The maximum Gasteiger partial charge on any atom is 0.471 e. The quantitative estimate of drug-likeness (QED) is 0.522. The molecule has 10 heteroatoms. The first-order chi connectivity index (χ1) is 12.5. The molecule has 0 N–H and O–H groups in total. The third kappa shape index (κ3) is 3.36. The molecule has 0 bridgehead atoms. The van der Waals surface area contributed by atoms with Gasteiger partial charge in [-0.25, -0.2) is 0 Å². The van der Waals surface area contributed by atoms with Gasteiger partial charge in [-0.1, -0.05) is 28.5 Å². The minimum atomic E-state index is -4.67. The molecular weight excluding hydrogens is 369 g/mol. The lowest BCUT2D eigenvalue weighted by molar-refractivity contribution is -0.159. The SMILES string of the molecule is FC(F)(F)c1nc(-c2ccc(-c3nc(Cc4cccs4)no3)cc2)no1. The van der Waals surface area contributed by atoms with E-state index in [0.717, 1.165) is 4.88 Å². The molecule has 3 heterocycles. The predicted octanol–water partition coefficient (Wildman–Crippen LogP) is 4.46. The molecule has 4 aromatic rings. The zero-order valence-electron chi connectivity index (χ0n) is 12.9. The highest BCUT2D eigenvalue weighted by Gasteiger charge is 2.38. The minimum absolute atomic E-state index is 0.146. The van der Waals surface area contributed by atoms with Crippen LogP contribution in [0.1, 0.15) is 16.6 Å². The van der Waals surface area contributed by atoms with E-state index >= 15 is 0 Å². The van der Waals surface area contributed by atoms with Crippen molar-refractivity contribution in [1.82, 2.24) is 20.3 Å². The second-order valence-electron chi connectivity index (χ2n) is 5.27. The Morgan fingerprint density at radius 2 is 1.69 bits per heavy atom. The van der Waals surface area contributed by atoms with Gasteiger partial charge in [0.1, 0.15) is 0 Å². The van der Waals surface area contributed by atoms with Crippen molar-refractivity contribution in [1.29, 1.82) is 0 Å². The first-order valence-electron chi connectivity index (χ1n) is 7.36. The van der Waals surface area contributed by atoms with E-state index in [4.69, 9.17) is 4.52 Å². The van der Waals surface area contributed by atoms with Crippen LogP contribution in [0.3, 0.4) is 0 Å². The fourth-order valence-electron chi connectivity index (χ4n) is 2.23. The Morgan fingerprint density at radius 1 is 0.923 bits per heavy atom. The minimum Gasteiger partial charge on any atom is -0.334 e. The number of rotatable bonds is 4. The molecule has 0 saturated carbocycles. The van der Waals surface area contributed by atoms with Crippen molar-refractivity contribution >= 4 is 11.3 Å². The highest BCUT2D eigenvalue weighted by atomic mass is 32.1. The topological polar surface area (TPSA) is 77.8 Å². The Bertz CT molecular complexity index is 1010. The Morgan fingerprint density at radius 3 is 2.35 bits per heavy atom. The lowest BCUT2D eigenvalue weighted by Gasteiger charge is -1.97. The molecule has 0 aliphatic carbocycles. The van der Waals surface area contributed by atoms with Crippen LogP contribution in [0.5, 0.6) is 0 Å². The first-order valence-corrected chi connectivity index (χ1v) is 8.24. The summed E-state index contributed by atoms with van der Waals surface area (Å²) in [5.41, 5.74) is 1.02. The average molecular weight is 378 g/mol. The van der Waals surface area contributed by atoms with E-state index in [9.17, 15) is 13.2 Å². The molecule has 3 aromatic heterocycles. The number of nitrogens with zero attached hydrogens (tertiary/aromatic N) is 4. The Balaban J connectivity index is 1.53. The highest BCUT2D eigenvalue weighted by molar-refractivity contribution is 7.09. The van der Waals surface area contributed by atoms with Crippen LogP contribution in [-0.4, -0.2) is 20.3 Å². The van der Waals surface area contributed by atoms with Crippen molar-refractivity contribution in [3.63, 3.8) is 0 Å². The summed E-state index contributed by atoms with van der Waals surface area (Å²) in [6.45, 7) is 0. The molecule has 132 valence electrons. The maximum absolute atomic E-state index is 12.5. The Hall–Kier alpha value is -3.01. The van der Waals surface area contributed by atoms with E-state index in [-0.39, 0.29) is 5.82 Å². The zero-order valence-corrected chi connectivity index (χ0v) is 13.7. The number of hydrogen-bond donors (Lipinski definition) is 0. The largest absolute Gasteiger partial charge is 0.471 e. The molecule has 4 rings (SSSR count). The van der Waals surface area contributed by atoms with Crippen molar-refractivity contribution in [2.45, 2.75) is 12.6 Å². The second-order valence-corrected chi connectivity index (χ2v) is 6.30. The van der Waals surface area contributed by atoms with Crippen LogP contribution >= 0.6 is 11.3 Å². The van der Waals surface area contributed by atoms with Gasteiger partial charge in [0, 0.05) is 22.4 Å². The molecule has 1 aromatic carbocycles. The summed E-state index contributed by atoms with van der Waals surface area (Å²) in [4.78, 5) is 8.79. The normalized spacial score (nSPS) is 11.8. The van der Waals surface area contributed by atoms with Gasteiger partial charge in [0.05, 0.1) is 0 Å². The van der Waals surface area contributed by atoms with Crippen molar-refractivity contribution in [2.75, 3.05) is 0 Å². The van der Waals surface area contributed by atoms with Crippen LogP contribution in [0.4, 0.5) is 13.2 Å². The lowest BCUT2D eigenvalue weighted by Crippen LogP contribution is -2.04. The molecule has 0 saturated heterocycles. The lowest BCUT2D eigenvalue weighted by atomic mass is 10.1. The summed E-state index contributed by atoms with van der Waals surface area (Å²) in [5, 5.41) is 9.25. The van der Waals surface area contributed by atoms with Gasteiger partial charge in [-0.3, -0.25) is 0 Å². The summed E-state index contributed by atoms with van der Waals surface area (Å²) < 4.78 is 47.0. The van der Waals surface area contributed by atoms with E-state index in [1.54, 1.807) is 35.6 Å². The van der Waals surface area contributed by atoms with Crippen molar-refractivity contribution in [3.8, 4) is 22.8 Å². The molecule has 0 fully saturated rings. The number of aromatic nitrogens is 4. The van der Waals surface area contributed by atoms with Gasteiger partial charge in [-0.2, -0.15) is 23.1 Å². The van der Waals surface area contributed by atoms with Crippen LogP contribution in [-0.2, 0) is 12.6 Å². The molecule has 0 aliphatic heterocycles. The van der Waals surface area contributed by atoms with Crippen molar-refractivity contribution in [2.24, 2.45) is 0 Å².